The third-order valence-corrected chi connectivity index (χ3v) is 5.28. The van der Waals surface area contributed by atoms with Gasteiger partial charge in [-0.15, -0.1) is 0 Å². The summed E-state index contributed by atoms with van der Waals surface area (Å²) < 4.78 is 0. The van der Waals surface area contributed by atoms with Crippen LogP contribution in [0.15, 0.2) is 79.1 Å². The molecule has 146 valence electrons. The van der Waals surface area contributed by atoms with Crippen molar-refractivity contribution < 1.29 is 9.59 Å². The first-order valence-corrected chi connectivity index (χ1v) is 9.86. The van der Waals surface area contributed by atoms with Gasteiger partial charge in [0.15, 0.2) is 0 Å². The second-order valence-corrected chi connectivity index (χ2v) is 7.23. The highest BCUT2D eigenvalue weighted by molar-refractivity contribution is 5.95. The number of benzene rings is 2. The van der Waals surface area contributed by atoms with Gasteiger partial charge in [-0.3, -0.25) is 14.6 Å². The Labute approximate surface area is 170 Å². The molecule has 5 heteroatoms. The molecule has 0 aliphatic carbocycles. The molecule has 4 rings (SSSR count). The number of aromatic nitrogens is 1. The fourth-order valence-corrected chi connectivity index (χ4v) is 3.61. The van der Waals surface area contributed by atoms with Crippen molar-refractivity contribution in [2.75, 3.05) is 13.1 Å². The van der Waals surface area contributed by atoms with Crippen molar-refractivity contribution >= 4 is 11.8 Å². The molecule has 5 nitrogen and oxygen atoms in total. The Bertz CT molecular complexity index is 964. The minimum atomic E-state index is -0.0679. The smallest absolute Gasteiger partial charge is 0.255 e. The van der Waals surface area contributed by atoms with Crippen LogP contribution in [0.25, 0.3) is 11.1 Å². The van der Waals surface area contributed by atoms with Crippen molar-refractivity contribution in [1.82, 2.24) is 15.2 Å². The summed E-state index contributed by atoms with van der Waals surface area (Å²) in [6.45, 7) is 1.26. The summed E-state index contributed by atoms with van der Waals surface area (Å²) in [7, 11) is 0. The number of amides is 2. The quantitative estimate of drug-likeness (QED) is 0.743. The minimum absolute atomic E-state index is 0.000577. The Kier molecular flexibility index (Phi) is 5.66. The summed E-state index contributed by atoms with van der Waals surface area (Å²) in [4.78, 5) is 30.9. The standard InChI is InChI=1S/C24H23N3O2/c28-23(20-10-8-19(9-11-20)18-5-2-1-3-6-18)26-22-12-15-27(16-13-22)24(29)21-7-4-14-25-17-21/h1-11,14,17,22H,12-13,15-16H2,(H,26,28). The zero-order chi connectivity index (χ0) is 20.1. The Morgan fingerprint density at radius 1 is 0.828 bits per heavy atom. The second kappa shape index (κ2) is 8.69. The summed E-state index contributed by atoms with van der Waals surface area (Å²) in [5.41, 5.74) is 3.47. The van der Waals surface area contributed by atoms with Crippen LogP contribution in [-0.4, -0.2) is 40.8 Å². The van der Waals surface area contributed by atoms with E-state index < -0.39 is 0 Å². The van der Waals surface area contributed by atoms with E-state index in [1.165, 1.54) is 0 Å². The van der Waals surface area contributed by atoms with Gasteiger partial charge >= 0.3 is 0 Å². The molecular formula is C24H23N3O2. The van der Waals surface area contributed by atoms with Crippen LogP contribution in [0.4, 0.5) is 0 Å². The van der Waals surface area contributed by atoms with Crippen LogP contribution < -0.4 is 5.32 Å². The van der Waals surface area contributed by atoms with E-state index in [4.69, 9.17) is 0 Å². The first-order chi connectivity index (χ1) is 14.2. The summed E-state index contributed by atoms with van der Waals surface area (Å²) in [5, 5.41) is 3.10. The molecule has 0 radical (unpaired) electrons. The third-order valence-electron chi connectivity index (χ3n) is 5.28. The van der Waals surface area contributed by atoms with Crippen LogP contribution in [0, 0.1) is 0 Å². The fourth-order valence-electron chi connectivity index (χ4n) is 3.61. The van der Waals surface area contributed by atoms with Crippen molar-refractivity contribution in [2.24, 2.45) is 0 Å². The van der Waals surface area contributed by atoms with Crippen LogP contribution in [0.1, 0.15) is 33.6 Å². The van der Waals surface area contributed by atoms with Crippen molar-refractivity contribution in [1.29, 1.82) is 0 Å². The van der Waals surface area contributed by atoms with E-state index in [0.29, 0.717) is 24.2 Å². The lowest BCUT2D eigenvalue weighted by atomic mass is 10.0. The van der Waals surface area contributed by atoms with E-state index >= 15 is 0 Å². The van der Waals surface area contributed by atoms with Gasteiger partial charge in [-0.2, -0.15) is 0 Å². The molecule has 1 aromatic heterocycles. The lowest BCUT2D eigenvalue weighted by molar-refractivity contribution is 0.0697. The predicted molar refractivity (Wildman–Crippen MR) is 113 cm³/mol. The Morgan fingerprint density at radius 3 is 2.17 bits per heavy atom. The molecular weight excluding hydrogens is 362 g/mol. The molecule has 0 saturated carbocycles. The maximum absolute atomic E-state index is 12.6. The van der Waals surface area contributed by atoms with E-state index in [0.717, 1.165) is 24.0 Å². The van der Waals surface area contributed by atoms with Gasteiger partial charge in [0.1, 0.15) is 0 Å². The van der Waals surface area contributed by atoms with Crippen LogP contribution in [0.2, 0.25) is 0 Å². The minimum Gasteiger partial charge on any atom is -0.349 e. The van der Waals surface area contributed by atoms with Crippen molar-refractivity contribution in [2.45, 2.75) is 18.9 Å². The molecule has 1 aliphatic heterocycles. The number of likely N-dealkylation sites (tertiary alicyclic amines) is 1. The molecule has 2 heterocycles. The maximum Gasteiger partial charge on any atom is 0.255 e. The highest BCUT2D eigenvalue weighted by Crippen LogP contribution is 2.20. The lowest BCUT2D eigenvalue weighted by Crippen LogP contribution is -2.46. The SMILES string of the molecule is O=C(NC1CCN(C(=O)c2cccnc2)CC1)c1ccc(-c2ccccc2)cc1. The molecule has 2 aromatic carbocycles. The first-order valence-electron chi connectivity index (χ1n) is 9.86. The van der Waals surface area contributed by atoms with Crippen molar-refractivity contribution in [3.63, 3.8) is 0 Å². The third kappa shape index (κ3) is 4.51. The van der Waals surface area contributed by atoms with Gasteiger partial charge in [-0.1, -0.05) is 42.5 Å². The van der Waals surface area contributed by atoms with Gasteiger partial charge < -0.3 is 10.2 Å². The van der Waals surface area contributed by atoms with Crippen LogP contribution >= 0.6 is 0 Å². The van der Waals surface area contributed by atoms with Crippen LogP contribution in [0.5, 0.6) is 0 Å². The highest BCUT2D eigenvalue weighted by atomic mass is 16.2. The molecule has 0 atom stereocenters. The highest BCUT2D eigenvalue weighted by Gasteiger charge is 2.25. The first kappa shape index (κ1) is 18.9. The Hall–Kier alpha value is -3.47. The van der Waals surface area contributed by atoms with Gasteiger partial charge in [0.05, 0.1) is 5.56 Å². The number of carbonyl (C=O) groups excluding carboxylic acids is 2. The van der Waals surface area contributed by atoms with E-state index in [2.05, 4.69) is 22.4 Å². The Morgan fingerprint density at radius 2 is 1.52 bits per heavy atom. The lowest BCUT2D eigenvalue weighted by Gasteiger charge is -2.32. The van der Waals surface area contributed by atoms with Crippen LogP contribution in [-0.2, 0) is 0 Å². The number of piperidine rings is 1. The molecule has 0 unspecified atom stereocenters. The van der Waals surface area contributed by atoms with E-state index in [9.17, 15) is 9.59 Å². The Balaban J connectivity index is 1.31. The fraction of sp³-hybridized carbons (Fsp3) is 0.208. The molecule has 2 amide bonds. The number of hydrogen-bond donors (Lipinski definition) is 1. The zero-order valence-corrected chi connectivity index (χ0v) is 16.1. The topological polar surface area (TPSA) is 62.3 Å². The maximum atomic E-state index is 12.6. The summed E-state index contributed by atoms with van der Waals surface area (Å²) >= 11 is 0. The van der Waals surface area contributed by atoms with E-state index in [-0.39, 0.29) is 17.9 Å². The van der Waals surface area contributed by atoms with Gasteiger partial charge in [-0.25, -0.2) is 0 Å². The number of nitrogens with one attached hydrogen (secondary N) is 1. The average molecular weight is 385 g/mol. The largest absolute Gasteiger partial charge is 0.349 e. The normalized spacial score (nSPS) is 14.4. The molecule has 0 bridgehead atoms. The summed E-state index contributed by atoms with van der Waals surface area (Å²) in [6.07, 6.45) is 4.75. The van der Waals surface area contributed by atoms with E-state index in [1.807, 2.05) is 47.4 Å². The molecule has 3 aromatic rings. The van der Waals surface area contributed by atoms with E-state index in [1.54, 1.807) is 24.5 Å². The summed E-state index contributed by atoms with van der Waals surface area (Å²) in [6, 6.07) is 21.4. The van der Waals surface area contributed by atoms with Gasteiger partial charge in [0.25, 0.3) is 11.8 Å². The molecule has 29 heavy (non-hydrogen) atoms. The number of pyridine rings is 1. The molecule has 1 fully saturated rings. The number of hydrogen-bond acceptors (Lipinski definition) is 3. The zero-order valence-electron chi connectivity index (χ0n) is 16.1. The van der Waals surface area contributed by atoms with Crippen molar-refractivity contribution in [3.05, 3.63) is 90.3 Å². The average Bonchev–Trinajstić information content (AvgIpc) is 2.80. The molecule has 1 N–H and O–H groups in total. The number of nitrogens with zero attached hydrogens (tertiary/aromatic N) is 2. The van der Waals surface area contributed by atoms with Crippen molar-refractivity contribution in [3.8, 4) is 11.1 Å². The van der Waals surface area contributed by atoms with Gasteiger partial charge in [-0.05, 0) is 48.2 Å². The van der Waals surface area contributed by atoms with Gasteiger partial charge in [0.2, 0.25) is 0 Å². The molecule has 1 saturated heterocycles. The van der Waals surface area contributed by atoms with Gasteiger partial charge in [0, 0.05) is 37.1 Å². The second-order valence-electron chi connectivity index (χ2n) is 7.23. The predicted octanol–water partition coefficient (Wildman–Crippen LogP) is 3.78. The monoisotopic (exact) mass is 385 g/mol. The molecule has 1 aliphatic rings. The number of rotatable bonds is 4. The number of carbonyl (C=O) groups is 2. The summed E-state index contributed by atoms with van der Waals surface area (Å²) in [5.74, 6) is -0.0685. The molecule has 0 spiro atoms. The van der Waals surface area contributed by atoms with Crippen LogP contribution in [0.3, 0.4) is 0 Å².